The molecule has 1 fully saturated rings. The first-order valence-corrected chi connectivity index (χ1v) is 48.7. The average Bonchev–Trinajstić information content (AvgIpc) is 1.64. The predicted octanol–water partition coefficient (Wildman–Crippen LogP) is 6.82. The Hall–Kier alpha value is -12.4. The minimum Gasteiger partial charge on any atom is -0.481 e. The number of aromatic amines is 1. The van der Waals surface area contributed by atoms with Crippen molar-refractivity contribution in [3.8, 4) is 5.75 Å². The largest absolute Gasteiger partial charge is 0.481 e. The first-order chi connectivity index (χ1) is 64.6. The first kappa shape index (κ1) is 110. The van der Waals surface area contributed by atoms with Crippen LogP contribution in [-0.4, -0.2) is 238 Å². The van der Waals surface area contributed by atoms with Crippen molar-refractivity contribution in [2.24, 2.45) is 10.7 Å². The van der Waals surface area contributed by atoms with Gasteiger partial charge in [0.1, 0.15) is 54.7 Å². The molecule has 1 aromatic heterocycles. The van der Waals surface area contributed by atoms with Gasteiger partial charge in [-0.2, -0.15) is 8.42 Å². The maximum absolute atomic E-state index is 14.7. The number of nitrogens with one attached hydrogen (secondary N) is 11. The highest BCUT2D eigenvalue weighted by molar-refractivity contribution is 8.00. The van der Waals surface area contributed by atoms with E-state index in [1.54, 1.807) is 85.1 Å². The minimum atomic E-state index is -5.08. The molecule has 0 spiro atoms. The third-order valence-electron chi connectivity index (χ3n) is 22.7. The molecule has 0 saturated carbocycles. The standard InChI is InChI=1S/C94H131N15O24S2/c1-5-7-9-11-13-15-17-19-21-23-28-42-81(118)131-58-65(132-82(119)43-29-24-22-20-18-16-14-12-10-8-6-2)59-134-75-55-78(113)109(92(75)126)50-48-76(111)100-72(53-79(114)115)87(121)102-69(40-34-49-97-94(95)96)86(120)104-73(54-80(116)117)88(122)103-70(51-61-44-46-64(47-45-61)133-135(128,129)130)89(123)106-83(60(3)110)91(125)99-57-77(112)101-71(52-63-56-98-68-39-32-30-37-66(63)68)90(124)107-85-93(127)108(4)74-41-33-31-38-67(74)84(105-85)62-35-26-25-27-36-62/h25-27,30-33,35-39,41,44-47,56,60,65,69-73,75,83,85,98,110H,5-24,28-29,34,40,42-43,48-55,57-59H2,1-4H3,(H,99,125)(H,100,111)(H,101,112)(H,102,121)(H,103,122)(H,104,120)(H,106,123)(H,107,124)(H,114,115)(H,116,117)(H4,95,96,97)(H,128,129,130)/t60-,65?,69+,70+,71+,72+,73+,75?,83+,85?/m1/s1. The summed E-state index contributed by atoms with van der Waals surface area (Å²) in [6.45, 7) is 3.47. The molecule has 3 unspecified atom stereocenters. The van der Waals surface area contributed by atoms with E-state index in [-0.39, 0.29) is 56.6 Å². The summed E-state index contributed by atoms with van der Waals surface area (Å²) in [6.07, 6.45) is 16.3. The van der Waals surface area contributed by atoms with Gasteiger partial charge in [-0.05, 0) is 68.0 Å². The molecule has 2 aliphatic heterocycles. The highest BCUT2D eigenvalue weighted by Crippen LogP contribution is 2.30. The Kier molecular flexibility index (Phi) is 47.1. The molecular weight excluding hydrogens is 1790 g/mol. The van der Waals surface area contributed by atoms with Crippen molar-refractivity contribution in [1.82, 2.24) is 57.7 Å². The number of carboxylic acids is 2. The lowest BCUT2D eigenvalue weighted by atomic mass is 10.0. The number of benzodiazepines with no additional fused rings is 1. The van der Waals surface area contributed by atoms with E-state index < -0.39 is 216 Å². The van der Waals surface area contributed by atoms with Gasteiger partial charge in [0, 0.05) is 92.6 Å². The van der Waals surface area contributed by atoms with Gasteiger partial charge in [0.25, 0.3) is 5.91 Å². The van der Waals surface area contributed by atoms with Gasteiger partial charge in [0.2, 0.25) is 65.2 Å². The molecule has 4 aromatic carbocycles. The molecule has 0 bridgehead atoms. The number of esters is 2. The van der Waals surface area contributed by atoms with E-state index in [1.165, 1.54) is 82.6 Å². The zero-order valence-electron chi connectivity index (χ0n) is 77.0. The number of ether oxygens (including phenoxy) is 2. The summed E-state index contributed by atoms with van der Waals surface area (Å²) in [5.74, 6) is -17.1. The number of rotatable bonds is 64. The van der Waals surface area contributed by atoms with Gasteiger partial charge in [-0.1, -0.05) is 221 Å². The van der Waals surface area contributed by atoms with Crippen LogP contribution in [0.4, 0.5) is 5.69 Å². The first-order valence-electron chi connectivity index (χ1n) is 46.3. The lowest BCUT2D eigenvalue weighted by molar-refractivity contribution is -0.157. The second kappa shape index (κ2) is 58.0. The number of aliphatic carboxylic acids is 2. The molecule has 7 rings (SSSR count). The molecule has 1 saturated heterocycles. The van der Waals surface area contributed by atoms with Crippen LogP contribution in [0.5, 0.6) is 5.75 Å². The molecule has 39 nitrogen and oxygen atoms in total. The normalized spacial score (nSPS) is 15.4. The van der Waals surface area contributed by atoms with Gasteiger partial charge in [-0.3, -0.25) is 86.8 Å². The predicted molar refractivity (Wildman–Crippen MR) is 503 cm³/mol. The van der Waals surface area contributed by atoms with Gasteiger partial charge >= 0.3 is 34.3 Å². The number of likely N-dealkylation sites (N-methyl/N-ethyl adjacent to an activating group) is 1. The number of fused-ring (bicyclic) bond motifs is 2. The summed E-state index contributed by atoms with van der Waals surface area (Å²) in [5.41, 5.74) is 8.83. The molecular formula is C94H131N15O24S2. The molecule has 11 amide bonds. The van der Waals surface area contributed by atoms with Gasteiger partial charge in [0.15, 0.2) is 5.96 Å². The topological polar surface area (TPSA) is 592 Å². The van der Waals surface area contributed by atoms with E-state index in [0.717, 1.165) is 106 Å². The molecule has 0 radical (unpaired) electrons. The summed E-state index contributed by atoms with van der Waals surface area (Å²) in [6, 6.07) is 15.8. The van der Waals surface area contributed by atoms with Gasteiger partial charge < -0.3 is 92.4 Å². The van der Waals surface area contributed by atoms with Crippen molar-refractivity contribution in [1.29, 1.82) is 5.41 Å². The summed E-state index contributed by atoms with van der Waals surface area (Å²) < 4.78 is 48.6. The van der Waals surface area contributed by atoms with Crippen molar-refractivity contribution in [3.05, 3.63) is 132 Å². The second-order valence-corrected chi connectivity index (χ2v) is 35.9. The zero-order valence-corrected chi connectivity index (χ0v) is 78.7. The van der Waals surface area contributed by atoms with Crippen LogP contribution >= 0.6 is 11.8 Å². The molecule has 2 aliphatic rings. The number of para-hydroxylation sites is 2. The number of imide groups is 1. The minimum absolute atomic E-state index is 0.0532. The van der Waals surface area contributed by atoms with E-state index in [4.69, 9.17) is 25.6 Å². The van der Waals surface area contributed by atoms with Gasteiger partial charge in [-0.15, -0.1) is 11.8 Å². The van der Waals surface area contributed by atoms with E-state index in [0.29, 0.717) is 51.8 Å². The summed E-state index contributed by atoms with van der Waals surface area (Å²) in [7, 11) is -3.56. The number of amides is 11. The summed E-state index contributed by atoms with van der Waals surface area (Å²) in [5, 5.41) is 60.2. The van der Waals surface area contributed by atoms with Crippen molar-refractivity contribution in [2.75, 3.05) is 43.9 Å². The van der Waals surface area contributed by atoms with E-state index in [2.05, 4.69) is 70.9 Å². The monoisotopic (exact) mass is 1920 g/mol. The molecule has 10 atom stereocenters. The number of carboxylic acid groups (broad SMARTS) is 2. The van der Waals surface area contributed by atoms with Crippen molar-refractivity contribution < 1.29 is 114 Å². The molecule has 5 aromatic rings. The molecule has 135 heavy (non-hydrogen) atoms. The number of carbonyl (C=O) groups excluding carboxylic acids is 13. The van der Waals surface area contributed by atoms with Crippen LogP contribution in [0.2, 0.25) is 0 Å². The second-order valence-electron chi connectivity index (χ2n) is 33.7. The molecule has 0 aliphatic carbocycles. The van der Waals surface area contributed by atoms with Crippen LogP contribution in [0, 0.1) is 5.41 Å². The van der Waals surface area contributed by atoms with Crippen molar-refractivity contribution in [2.45, 2.75) is 286 Å². The number of anilines is 1. The number of hydrogen-bond acceptors (Lipinski definition) is 24. The lowest BCUT2D eigenvalue weighted by Gasteiger charge is -2.27. The fraction of sp³-hybridized carbons (Fsp3) is 0.543. The highest BCUT2D eigenvalue weighted by atomic mass is 32.3. The fourth-order valence-electron chi connectivity index (χ4n) is 15.4. The Morgan fingerprint density at radius 3 is 1.70 bits per heavy atom. The number of carbonyl (C=O) groups is 15. The van der Waals surface area contributed by atoms with E-state index in [1.807, 2.05) is 0 Å². The van der Waals surface area contributed by atoms with Gasteiger partial charge in [0.05, 0.1) is 42.1 Å². The Labute approximate surface area is 790 Å². The number of aromatic nitrogens is 1. The Morgan fingerprint density at radius 1 is 0.585 bits per heavy atom. The van der Waals surface area contributed by atoms with Crippen LogP contribution in [0.3, 0.4) is 0 Å². The Bertz CT molecular complexity index is 4960. The number of H-pyrrole nitrogens is 1. The number of thioether (sulfide) groups is 1. The zero-order chi connectivity index (χ0) is 98.4. The number of aliphatic hydroxyl groups excluding tert-OH is 1. The third-order valence-corrected chi connectivity index (χ3v) is 24.4. The number of nitrogens with zero attached hydrogens (tertiary/aromatic N) is 3. The molecule has 17 N–H and O–H groups in total. The Morgan fingerprint density at radius 2 is 1.11 bits per heavy atom. The number of unbranched alkanes of at least 4 members (excludes halogenated alkanes) is 20. The maximum atomic E-state index is 14.7. The number of likely N-dealkylation sites (tertiary alicyclic amines) is 1. The lowest BCUT2D eigenvalue weighted by Crippen LogP contribution is -2.61. The van der Waals surface area contributed by atoms with Crippen LogP contribution < -0.4 is 62.7 Å². The number of nitrogens with two attached hydrogens (primary N) is 1. The van der Waals surface area contributed by atoms with Crippen molar-refractivity contribution in [3.63, 3.8) is 0 Å². The Balaban J connectivity index is 1.01. The molecule has 3 heterocycles. The van der Waals surface area contributed by atoms with Gasteiger partial charge in [-0.25, -0.2) is 4.99 Å². The average molecular weight is 1920 g/mol. The van der Waals surface area contributed by atoms with E-state index in [9.17, 15) is 100 Å². The maximum Gasteiger partial charge on any atom is 0.446 e. The number of benzene rings is 4. The smallest absolute Gasteiger partial charge is 0.446 e. The summed E-state index contributed by atoms with van der Waals surface area (Å²) >= 11 is 0.988. The van der Waals surface area contributed by atoms with Crippen molar-refractivity contribution >= 4 is 139 Å². The van der Waals surface area contributed by atoms with Crippen LogP contribution in [0.15, 0.2) is 114 Å². The number of hydrogen-bond donors (Lipinski definition) is 16. The van der Waals surface area contributed by atoms with E-state index >= 15 is 0 Å². The molecule has 738 valence electrons. The SMILES string of the molecule is CCCCCCCCCCCCCC(=O)OCC(CSC1CC(=O)N(CCC(=O)N[C@@H](CC(=O)O)C(=O)N[C@@H](CCCNC(=N)N)C(=O)N[C@@H](CC(=O)O)C(=O)N[C@@H](Cc2ccc(OS(=O)(=O)O)cc2)C(=O)N[C@H](C(=O)NCC(=O)N[C@@H](Cc2c[nH]c3ccccc23)C(=O)NC2N=C(c3ccccc3)c3ccccc3N(C)C2=O)[C@@H](C)O)C1=O)OC(=O)CCCCCCCCCCCCC. The highest BCUT2D eigenvalue weighted by Gasteiger charge is 2.42. The fourth-order valence-corrected chi connectivity index (χ4v) is 16.9. The van der Waals surface area contributed by atoms with Crippen LogP contribution in [0.1, 0.15) is 236 Å². The number of guanidine groups is 1. The van der Waals surface area contributed by atoms with Crippen LogP contribution in [-0.2, 0) is 105 Å². The molecule has 41 heteroatoms. The number of aliphatic imine (C=N–C) groups is 1. The quantitative estimate of drug-likeness (QED) is 0.00474. The number of aliphatic hydroxyl groups is 1. The van der Waals surface area contributed by atoms with Crippen LogP contribution in [0.25, 0.3) is 10.9 Å². The summed E-state index contributed by atoms with van der Waals surface area (Å²) in [4.78, 5) is 218. The third kappa shape index (κ3) is 39.2.